The molecule has 1 aliphatic rings. The quantitative estimate of drug-likeness (QED) is 0.328. The van der Waals surface area contributed by atoms with Gasteiger partial charge in [-0.3, -0.25) is 0 Å². The van der Waals surface area contributed by atoms with Crippen LogP contribution in [0.3, 0.4) is 0 Å². The predicted molar refractivity (Wildman–Crippen MR) is 115 cm³/mol. The van der Waals surface area contributed by atoms with Gasteiger partial charge in [-0.05, 0) is 16.5 Å². The maximum absolute atomic E-state index is 7.25. The van der Waals surface area contributed by atoms with Crippen molar-refractivity contribution < 1.29 is 0 Å². The topological polar surface area (TPSA) is 60.3 Å². The lowest BCUT2D eigenvalue weighted by Crippen LogP contribution is -1.95. The van der Waals surface area contributed by atoms with Crippen LogP contribution in [0, 0.1) is 13.1 Å². The zero-order valence-electron chi connectivity index (χ0n) is 15.5. The molecule has 0 bridgehead atoms. The fourth-order valence-electron chi connectivity index (χ4n) is 4.06. The van der Waals surface area contributed by atoms with Crippen molar-refractivity contribution in [3.63, 3.8) is 0 Å². The maximum Gasteiger partial charge on any atom is 0.316 e. The predicted octanol–water partition coefficient (Wildman–Crippen LogP) is 5.99. The summed E-state index contributed by atoms with van der Waals surface area (Å²) in [6.45, 7) is 14.5. The van der Waals surface area contributed by atoms with E-state index in [1.54, 1.807) is 0 Å². The number of nitrogens with zero attached hydrogens (tertiary/aromatic N) is 6. The molecule has 0 saturated heterocycles. The zero-order chi connectivity index (χ0) is 20.2. The van der Waals surface area contributed by atoms with Gasteiger partial charge >= 0.3 is 11.3 Å². The Kier molecular flexibility index (Phi) is 3.21. The minimum Gasteiger partial charge on any atom is -0.370 e. The van der Waals surface area contributed by atoms with Crippen molar-refractivity contribution >= 4 is 33.7 Å². The second-order valence-electron chi connectivity index (χ2n) is 6.92. The molecule has 5 aromatic rings. The molecule has 136 valence electrons. The summed E-state index contributed by atoms with van der Waals surface area (Å²) in [5, 5.41) is 2.23. The van der Waals surface area contributed by atoms with Crippen LogP contribution in [0.5, 0.6) is 0 Å². The van der Waals surface area contributed by atoms with Crippen LogP contribution in [-0.4, -0.2) is 19.9 Å². The molecule has 2 heterocycles. The summed E-state index contributed by atoms with van der Waals surface area (Å²) in [4.78, 5) is 24.5. The Morgan fingerprint density at radius 3 is 1.80 bits per heavy atom. The van der Waals surface area contributed by atoms with Crippen LogP contribution in [0.4, 0.5) is 11.6 Å². The van der Waals surface area contributed by atoms with E-state index in [0.29, 0.717) is 0 Å². The average Bonchev–Trinajstić information content (AvgIpc) is 3.12. The van der Waals surface area contributed by atoms with E-state index in [1.165, 1.54) is 0 Å². The third-order valence-electron chi connectivity index (χ3n) is 5.33. The van der Waals surface area contributed by atoms with Gasteiger partial charge in [-0.25, -0.2) is 0 Å². The highest BCUT2D eigenvalue weighted by atomic mass is 15.1. The van der Waals surface area contributed by atoms with Crippen molar-refractivity contribution in [2.75, 3.05) is 0 Å². The van der Waals surface area contributed by atoms with E-state index in [-0.39, 0.29) is 22.9 Å². The molecule has 0 unspecified atom stereocenters. The fraction of sp³-hybridized carbons (Fsp3) is 0. The van der Waals surface area contributed by atoms with Crippen LogP contribution >= 0.6 is 0 Å². The third-order valence-corrected chi connectivity index (χ3v) is 5.33. The smallest absolute Gasteiger partial charge is 0.316 e. The number of hydrogen-bond donors (Lipinski definition) is 0. The van der Waals surface area contributed by atoms with Crippen LogP contribution in [-0.2, 0) is 0 Å². The Morgan fingerprint density at radius 2 is 1.17 bits per heavy atom. The highest BCUT2D eigenvalue weighted by Gasteiger charge is 2.28. The standard InChI is InChI=1S/C24H10N6/c1-25-21-22(26-2)30-24-23(29-21)27-19-16-10-6-9-15-14(13-7-4-3-5-8-13)11-12-17(18(15)16)20(19)28-24/h3-12H. The molecule has 0 radical (unpaired) electrons. The lowest BCUT2D eigenvalue weighted by atomic mass is 9.95. The van der Waals surface area contributed by atoms with Crippen molar-refractivity contribution in [3.8, 4) is 33.6 Å². The summed E-state index contributed by atoms with van der Waals surface area (Å²) in [7, 11) is 0. The van der Waals surface area contributed by atoms with Crippen molar-refractivity contribution in [2.45, 2.75) is 0 Å². The molecule has 0 aliphatic heterocycles. The molecule has 0 fully saturated rings. The first-order chi connectivity index (χ1) is 14.8. The molecular formula is C24H10N6. The molecule has 3 aromatic carbocycles. The summed E-state index contributed by atoms with van der Waals surface area (Å²) in [5.74, 6) is -0.0985. The van der Waals surface area contributed by atoms with Gasteiger partial charge in [0.15, 0.2) is 0 Å². The zero-order valence-corrected chi connectivity index (χ0v) is 15.5. The van der Waals surface area contributed by atoms with E-state index < -0.39 is 0 Å². The van der Waals surface area contributed by atoms with Crippen LogP contribution in [0.2, 0.25) is 0 Å². The van der Waals surface area contributed by atoms with Gasteiger partial charge in [0.1, 0.15) is 11.4 Å². The van der Waals surface area contributed by atoms with Crippen LogP contribution in [0.25, 0.3) is 65.4 Å². The molecule has 0 N–H and O–H groups in total. The molecular weight excluding hydrogens is 372 g/mol. The van der Waals surface area contributed by atoms with Gasteiger partial charge in [0.25, 0.3) is 11.6 Å². The molecule has 6 rings (SSSR count). The van der Waals surface area contributed by atoms with Gasteiger partial charge in [0.05, 0.1) is 0 Å². The van der Waals surface area contributed by atoms with E-state index in [1.807, 2.05) is 30.3 Å². The van der Waals surface area contributed by atoms with Gasteiger partial charge in [-0.1, -0.05) is 73.8 Å². The summed E-state index contributed by atoms with van der Waals surface area (Å²) in [5.41, 5.74) is 6.30. The summed E-state index contributed by atoms with van der Waals surface area (Å²) >= 11 is 0. The molecule has 0 amide bonds. The van der Waals surface area contributed by atoms with Gasteiger partial charge < -0.3 is 9.69 Å². The van der Waals surface area contributed by atoms with Crippen molar-refractivity contribution in [3.05, 3.63) is 83.5 Å². The maximum atomic E-state index is 7.25. The summed E-state index contributed by atoms with van der Waals surface area (Å²) in [6, 6.07) is 20.6. The van der Waals surface area contributed by atoms with Gasteiger partial charge in [0, 0.05) is 16.5 Å². The first kappa shape index (κ1) is 16.3. The Morgan fingerprint density at radius 1 is 0.567 bits per heavy atom. The first-order valence-electron chi connectivity index (χ1n) is 9.25. The molecule has 6 nitrogen and oxygen atoms in total. The molecule has 6 heteroatoms. The molecule has 1 aliphatic carbocycles. The Labute approximate surface area is 171 Å². The average molecular weight is 382 g/mol. The number of hydrogen-bond acceptors (Lipinski definition) is 4. The van der Waals surface area contributed by atoms with Crippen molar-refractivity contribution in [2.24, 2.45) is 0 Å². The highest BCUT2D eigenvalue weighted by Crippen LogP contribution is 2.48. The Hall–Kier alpha value is -4.68. The van der Waals surface area contributed by atoms with E-state index in [4.69, 9.17) is 23.1 Å². The highest BCUT2D eigenvalue weighted by molar-refractivity contribution is 6.17. The van der Waals surface area contributed by atoms with E-state index in [2.05, 4.69) is 50.0 Å². The SMILES string of the molecule is [C-]#[N+]c1nc2nc3c(nc2nc1[N+]#[C-])-c1ccc(-c2ccccc2)c2cccc-3c12. The van der Waals surface area contributed by atoms with Crippen molar-refractivity contribution in [1.29, 1.82) is 0 Å². The number of fused-ring (bicyclic) bond motifs is 4. The van der Waals surface area contributed by atoms with Crippen LogP contribution < -0.4 is 0 Å². The molecule has 2 aromatic heterocycles. The Bertz CT molecular complexity index is 1540. The minimum absolute atomic E-state index is 0.0492. The largest absolute Gasteiger partial charge is 0.370 e. The van der Waals surface area contributed by atoms with Gasteiger partial charge in [-0.15, -0.1) is 9.97 Å². The lowest BCUT2D eigenvalue weighted by molar-refractivity contribution is 1.19. The van der Waals surface area contributed by atoms with Crippen LogP contribution in [0.15, 0.2) is 60.7 Å². The molecule has 0 saturated carbocycles. The summed E-state index contributed by atoms with van der Waals surface area (Å²) < 4.78 is 0. The summed E-state index contributed by atoms with van der Waals surface area (Å²) in [6.07, 6.45) is 0. The monoisotopic (exact) mass is 382 g/mol. The van der Waals surface area contributed by atoms with E-state index >= 15 is 0 Å². The van der Waals surface area contributed by atoms with Gasteiger partial charge in [0.2, 0.25) is 0 Å². The molecule has 0 spiro atoms. The second kappa shape index (κ2) is 5.91. The van der Waals surface area contributed by atoms with E-state index in [0.717, 1.165) is 44.4 Å². The number of benzene rings is 3. The minimum atomic E-state index is -0.0492. The number of rotatable bonds is 1. The third kappa shape index (κ3) is 2.10. The number of aromatic nitrogens is 4. The van der Waals surface area contributed by atoms with Crippen LogP contribution in [0.1, 0.15) is 0 Å². The Balaban J connectivity index is 1.68. The first-order valence-corrected chi connectivity index (χ1v) is 9.25. The van der Waals surface area contributed by atoms with E-state index in [9.17, 15) is 0 Å². The normalized spacial score (nSPS) is 11.3. The van der Waals surface area contributed by atoms with Crippen molar-refractivity contribution in [1.82, 2.24) is 19.9 Å². The van der Waals surface area contributed by atoms with Gasteiger partial charge in [-0.2, -0.15) is 9.97 Å². The molecule has 30 heavy (non-hydrogen) atoms. The lowest BCUT2D eigenvalue weighted by Gasteiger charge is -2.09. The fourth-order valence-corrected chi connectivity index (χ4v) is 4.06. The molecule has 0 atom stereocenters. The second-order valence-corrected chi connectivity index (χ2v) is 6.92.